The van der Waals surface area contributed by atoms with Crippen molar-refractivity contribution in [3.63, 3.8) is 0 Å². The second kappa shape index (κ2) is 5.14. The van der Waals surface area contributed by atoms with Crippen LogP contribution in [-0.4, -0.2) is 20.9 Å². The molecule has 0 spiro atoms. The van der Waals surface area contributed by atoms with Crippen molar-refractivity contribution in [3.05, 3.63) is 54.2 Å². The van der Waals surface area contributed by atoms with Crippen molar-refractivity contribution in [2.45, 2.75) is 25.7 Å². The molecule has 5 heteroatoms. The lowest BCUT2D eigenvalue weighted by atomic mass is 9.78. The number of amides is 1. The number of aromatic nitrogens is 3. The molecule has 0 saturated heterocycles. The first-order valence-electron chi connectivity index (χ1n) is 8.69. The van der Waals surface area contributed by atoms with Crippen LogP contribution in [0.4, 0.5) is 5.69 Å². The number of anilines is 1. The molecule has 0 aliphatic carbocycles. The van der Waals surface area contributed by atoms with Gasteiger partial charge in [-0.25, -0.2) is 4.98 Å². The van der Waals surface area contributed by atoms with Gasteiger partial charge in [-0.3, -0.25) is 9.78 Å². The normalized spacial score (nSPS) is 15.8. The minimum Gasteiger partial charge on any atom is -0.338 e. The molecule has 3 heterocycles. The Morgan fingerprint density at radius 3 is 2.81 bits per heavy atom. The molecule has 4 aromatic rings. The number of hydrogen-bond donors (Lipinski definition) is 2. The Labute approximate surface area is 150 Å². The van der Waals surface area contributed by atoms with E-state index in [2.05, 4.69) is 41.3 Å². The highest BCUT2D eigenvalue weighted by Gasteiger charge is 2.32. The van der Waals surface area contributed by atoms with E-state index in [0.29, 0.717) is 6.42 Å². The summed E-state index contributed by atoms with van der Waals surface area (Å²) in [6.07, 6.45) is 2.29. The van der Waals surface area contributed by atoms with E-state index in [0.717, 1.165) is 44.6 Å². The molecule has 5 nitrogen and oxygen atoms in total. The van der Waals surface area contributed by atoms with E-state index in [1.54, 1.807) is 6.20 Å². The second-order valence-electron chi connectivity index (χ2n) is 7.48. The summed E-state index contributed by atoms with van der Waals surface area (Å²) >= 11 is 0. The fraction of sp³-hybridized carbons (Fsp3) is 0.190. The van der Waals surface area contributed by atoms with E-state index in [1.165, 1.54) is 0 Å². The van der Waals surface area contributed by atoms with E-state index < -0.39 is 0 Å². The van der Waals surface area contributed by atoms with Crippen molar-refractivity contribution in [2.75, 3.05) is 5.32 Å². The van der Waals surface area contributed by atoms with Crippen LogP contribution in [-0.2, 0) is 10.2 Å². The van der Waals surface area contributed by atoms with Crippen molar-refractivity contribution < 1.29 is 4.79 Å². The minimum atomic E-state index is -0.194. The van der Waals surface area contributed by atoms with Crippen LogP contribution in [0.2, 0.25) is 0 Å². The van der Waals surface area contributed by atoms with Crippen LogP contribution in [0.5, 0.6) is 0 Å². The van der Waals surface area contributed by atoms with Crippen LogP contribution in [0.1, 0.15) is 25.8 Å². The summed E-state index contributed by atoms with van der Waals surface area (Å²) in [6.45, 7) is 4.20. The molecule has 1 aliphatic heterocycles. The predicted molar refractivity (Wildman–Crippen MR) is 103 cm³/mol. The maximum Gasteiger partial charge on any atom is 0.225 e. The fourth-order valence-corrected chi connectivity index (χ4v) is 3.84. The number of nitrogens with one attached hydrogen (secondary N) is 2. The number of benzene rings is 2. The third-order valence-corrected chi connectivity index (χ3v) is 5.13. The molecule has 128 valence electrons. The Morgan fingerprint density at radius 2 is 1.92 bits per heavy atom. The lowest BCUT2D eigenvalue weighted by molar-refractivity contribution is -0.117. The number of para-hydroxylation sites is 1. The molecular weight excluding hydrogens is 324 g/mol. The number of rotatable bonds is 1. The molecular formula is C21H18N4O. The number of carbonyl (C=O) groups is 1. The quantitative estimate of drug-likeness (QED) is 0.539. The maximum atomic E-state index is 12.0. The number of carbonyl (C=O) groups excluding carboxylic acids is 1. The average molecular weight is 342 g/mol. The summed E-state index contributed by atoms with van der Waals surface area (Å²) in [5.74, 6) is 0.864. The highest BCUT2D eigenvalue weighted by molar-refractivity contribution is 5.99. The number of nitrogens with zero attached hydrogens (tertiary/aromatic N) is 2. The van der Waals surface area contributed by atoms with Crippen molar-refractivity contribution >= 4 is 33.5 Å². The molecule has 0 bridgehead atoms. The van der Waals surface area contributed by atoms with Gasteiger partial charge in [-0.1, -0.05) is 32.0 Å². The molecule has 0 unspecified atom stereocenters. The van der Waals surface area contributed by atoms with Gasteiger partial charge in [-0.05, 0) is 29.8 Å². The molecule has 1 aliphatic rings. The summed E-state index contributed by atoms with van der Waals surface area (Å²) in [7, 11) is 0. The van der Waals surface area contributed by atoms with Crippen LogP contribution in [0.3, 0.4) is 0 Å². The van der Waals surface area contributed by atoms with Gasteiger partial charge in [0.2, 0.25) is 5.91 Å². The van der Waals surface area contributed by atoms with Crippen LogP contribution in [0.25, 0.3) is 33.3 Å². The molecule has 0 fully saturated rings. The van der Waals surface area contributed by atoms with Crippen LogP contribution < -0.4 is 5.32 Å². The summed E-state index contributed by atoms with van der Waals surface area (Å²) in [4.78, 5) is 24.7. The Balaban J connectivity index is 1.73. The van der Waals surface area contributed by atoms with Gasteiger partial charge >= 0.3 is 0 Å². The van der Waals surface area contributed by atoms with Gasteiger partial charge in [-0.15, -0.1) is 0 Å². The maximum absolute atomic E-state index is 12.0. The van der Waals surface area contributed by atoms with E-state index in [4.69, 9.17) is 4.98 Å². The van der Waals surface area contributed by atoms with Crippen LogP contribution in [0, 0.1) is 0 Å². The molecule has 0 radical (unpaired) electrons. The third-order valence-electron chi connectivity index (χ3n) is 5.13. The zero-order valence-electron chi connectivity index (χ0n) is 14.6. The van der Waals surface area contributed by atoms with Gasteiger partial charge in [0.15, 0.2) is 0 Å². The number of aromatic amines is 1. The zero-order valence-corrected chi connectivity index (χ0v) is 14.6. The smallest absolute Gasteiger partial charge is 0.225 e. The Kier molecular flexibility index (Phi) is 2.98. The fourth-order valence-electron chi connectivity index (χ4n) is 3.84. The third kappa shape index (κ3) is 2.20. The lowest BCUT2D eigenvalue weighted by Gasteiger charge is -2.31. The Morgan fingerprint density at radius 1 is 1.08 bits per heavy atom. The highest BCUT2D eigenvalue weighted by Crippen LogP contribution is 2.39. The summed E-state index contributed by atoms with van der Waals surface area (Å²) < 4.78 is 0. The monoisotopic (exact) mass is 342 g/mol. The Hall–Kier alpha value is -3.21. The van der Waals surface area contributed by atoms with E-state index in [1.807, 2.05) is 30.3 Å². The molecule has 2 aromatic heterocycles. The number of pyridine rings is 1. The van der Waals surface area contributed by atoms with Gasteiger partial charge in [0.1, 0.15) is 5.82 Å². The van der Waals surface area contributed by atoms with Gasteiger partial charge in [-0.2, -0.15) is 0 Å². The standard InChI is InChI=1S/C21H18N4O/c1-21(2)11-19(26)23-16-10-18-17(9-14(16)21)24-20(25-18)13-7-8-22-15-6-4-3-5-12(13)15/h3-10H,11H2,1-2H3,(H,23,26)(H,24,25). The predicted octanol–water partition coefficient (Wildman–Crippen LogP) is 4.40. The Bertz CT molecular complexity index is 1180. The average Bonchev–Trinajstić information content (AvgIpc) is 3.02. The second-order valence-corrected chi connectivity index (χ2v) is 7.48. The molecule has 2 N–H and O–H groups in total. The largest absolute Gasteiger partial charge is 0.338 e. The first kappa shape index (κ1) is 15.1. The van der Waals surface area contributed by atoms with Crippen molar-refractivity contribution in [1.82, 2.24) is 15.0 Å². The van der Waals surface area contributed by atoms with E-state index >= 15 is 0 Å². The number of imidazole rings is 1. The summed E-state index contributed by atoms with van der Waals surface area (Å²) in [5.41, 5.74) is 5.59. The molecule has 2 aromatic carbocycles. The highest BCUT2D eigenvalue weighted by atomic mass is 16.1. The lowest BCUT2D eigenvalue weighted by Crippen LogP contribution is -2.32. The topological polar surface area (TPSA) is 70.7 Å². The van der Waals surface area contributed by atoms with Gasteiger partial charge in [0.05, 0.1) is 16.6 Å². The van der Waals surface area contributed by atoms with Gasteiger partial charge < -0.3 is 10.3 Å². The van der Waals surface area contributed by atoms with Crippen LogP contribution in [0.15, 0.2) is 48.7 Å². The number of hydrogen-bond acceptors (Lipinski definition) is 3. The molecule has 5 rings (SSSR count). The first-order valence-corrected chi connectivity index (χ1v) is 8.69. The first-order chi connectivity index (χ1) is 12.5. The summed E-state index contributed by atoms with van der Waals surface area (Å²) in [6, 6.07) is 14.1. The SMILES string of the molecule is CC1(C)CC(=O)Nc2cc3nc(-c4ccnc5ccccc45)[nH]c3cc21. The van der Waals surface area contributed by atoms with Gasteiger partial charge in [0.25, 0.3) is 0 Å². The minimum absolute atomic E-state index is 0.0535. The zero-order chi connectivity index (χ0) is 17.9. The van der Waals surface area contributed by atoms with Gasteiger partial charge in [0, 0.05) is 34.7 Å². The van der Waals surface area contributed by atoms with E-state index in [9.17, 15) is 4.79 Å². The molecule has 1 amide bonds. The molecule has 26 heavy (non-hydrogen) atoms. The number of fused-ring (bicyclic) bond motifs is 3. The molecule has 0 atom stereocenters. The van der Waals surface area contributed by atoms with Crippen molar-refractivity contribution in [1.29, 1.82) is 0 Å². The van der Waals surface area contributed by atoms with Crippen molar-refractivity contribution in [3.8, 4) is 11.4 Å². The number of H-pyrrole nitrogens is 1. The molecule has 0 saturated carbocycles. The van der Waals surface area contributed by atoms with Crippen LogP contribution >= 0.6 is 0 Å². The van der Waals surface area contributed by atoms with E-state index in [-0.39, 0.29) is 11.3 Å². The van der Waals surface area contributed by atoms with Crippen molar-refractivity contribution in [2.24, 2.45) is 0 Å². The summed E-state index contributed by atoms with van der Waals surface area (Å²) in [5, 5.41) is 4.05.